The van der Waals surface area contributed by atoms with Crippen molar-refractivity contribution in [3.8, 4) is 0 Å². The number of carbonyl (C=O) groups is 1. The fraction of sp³-hybridized carbons (Fsp3) is 0.267. The monoisotopic (exact) mass is 271 g/mol. The number of nitrogens with zero attached hydrogens (tertiary/aromatic N) is 2. The second-order valence-electron chi connectivity index (χ2n) is 4.32. The van der Waals surface area contributed by atoms with E-state index in [1.165, 1.54) is 18.9 Å². The normalized spacial score (nSPS) is 10.2. The summed E-state index contributed by atoms with van der Waals surface area (Å²) >= 11 is 0. The van der Waals surface area contributed by atoms with Crippen LogP contribution in [0.2, 0.25) is 0 Å². The van der Waals surface area contributed by atoms with E-state index in [0.29, 0.717) is 12.1 Å². The lowest BCUT2D eigenvalue weighted by molar-refractivity contribution is 0.0600. The van der Waals surface area contributed by atoms with Crippen LogP contribution in [0.4, 0.5) is 0 Å². The van der Waals surface area contributed by atoms with Gasteiger partial charge in [-0.25, -0.2) is 4.79 Å². The minimum Gasteiger partial charge on any atom is -0.465 e. The van der Waals surface area contributed by atoms with Gasteiger partial charge in [-0.2, -0.15) is 0 Å². The van der Waals surface area contributed by atoms with Gasteiger partial charge in [-0.3, -0.25) is 9.97 Å². The SMILES string of the molecule is COC(=O)c1ccc(CNCCc2cccnc2)nc1. The smallest absolute Gasteiger partial charge is 0.339 e. The minimum absolute atomic E-state index is 0.367. The molecular formula is C15H17N3O2. The van der Waals surface area contributed by atoms with Crippen LogP contribution in [0, 0.1) is 0 Å². The largest absolute Gasteiger partial charge is 0.465 e. The van der Waals surface area contributed by atoms with Gasteiger partial charge in [-0.15, -0.1) is 0 Å². The molecule has 2 aromatic heterocycles. The minimum atomic E-state index is -0.367. The van der Waals surface area contributed by atoms with Crippen molar-refractivity contribution in [3.63, 3.8) is 0 Å². The Morgan fingerprint density at radius 2 is 2.20 bits per heavy atom. The van der Waals surface area contributed by atoms with Gasteiger partial charge in [0, 0.05) is 25.1 Å². The Bertz CT molecular complexity index is 541. The Hall–Kier alpha value is -2.27. The summed E-state index contributed by atoms with van der Waals surface area (Å²) in [6, 6.07) is 7.53. The number of hydrogen-bond donors (Lipinski definition) is 1. The fourth-order valence-corrected chi connectivity index (χ4v) is 1.76. The lowest BCUT2D eigenvalue weighted by Gasteiger charge is -2.05. The summed E-state index contributed by atoms with van der Waals surface area (Å²) in [5, 5.41) is 3.31. The number of nitrogens with one attached hydrogen (secondary N) is 1. The maximum absolute atomic E-state index is 11.3. The van der Waals surface area contributed by atoms with Crippen LogP contribution < -0.4 is 5.32 Å². The van der Waals surface area contributed by atoms with Crippen LogP contribution in [0.15, 0.2) is 42.9 Å². The molecule has 0 bridgehead atoms. The van der Waals surface area contributed by atoms with Crippen molar-refractivity contribution in [2.45, 2.75) is 13.0 Å². The predicted molar refractivity (Wildman–Crippen MR) is 75.2 cm³/mol. The molecule has 0 radical (unpaired) electrons. The third-order valence-electron chi connectivity index (χ3n) is 2.87. The number of carbonyl (C=O) groups excluding carboxylic acids is 1. The molecule has 1 N–H and O–H groups in total. The molecule has 5 heteroatoms. The standard InChI is InChI=1S/C15H17N3O2/c1-20-15(19)13-4-5-14(18-10-13)11-17-8-6-12-3-2-7-16-9-12/h2-5,7,9-10,17H,6,8,11H2,1H3. The van der Waals surface area contributed by atoms with Gasteiger partial charge in [0.25, 0.3) is 0 Å². The summed E-state index contributed by atoms with van der Waals surface area (Å²) in [6.07, 6.45) is 6.09. The van der Waals surface area contributed by atoms with Crippen molar-refractivity contribution in [2.24, 2.45) is 0 Å². The predicted octanol–water partition coefficient (Wildman–Crippen LogP) is 1.60. The topological polar surface area (TPSA) is 64.1 Å². The van der Waals surface area contributed by atoms with Crippen molar-refractivity contribution in [3.05, 3.63) is 59.7 Å². The summed E-state index contributed by atoms with van der Waals surface area (Å²) in [4.78, 5) is 19.5. The third kappa shape index (κ3) is 4.13. The van der Waals surface area contributed by atoms with Crippen molar-refractivity contribution < 1.29 is 9.53 Å². The molecule has 2 rings (SSSR count). The zero-order chi connectivity index (χ0) is 14.2. The molecular weight excluding hydrogens is 254 g/mol. The summed E-state index contributed by atoms with van der Waals surface area (Å²) in [5.41, 5.74) is 2.56. The van der Waals surface area contributed by atoms with Gasteiger partial charge in [0.1, 0.15) is 0 Å². The molecule has 0 aliphatic heterocycles. The Labute approximate surface area is 118 Å². The number of methoxy groups -OCH3 is 1. The van der Waals surface area contributed by atoms with Gasteiger partial charge in [0.2, 0.25) is 0 Å². The van der Waals surface area contributed by atoms with Crippen LogP contribution in [0.3, 0.4) is 0 Å². The van der Waals surface area contributed by atoms with Gasteiger partial charge in [0.05, 0.1) is 18.4 Å². The molecule has 5 nitrogen and oxygen atoms in total. The third-order valence-corrected chi connectivity index (χ3v) is 2.87. The zero-order valence-electron chi connectivity index (χ0n) is 11.4. The molecule has 104 valence electrons. The van der Waals surface area contributed by atoms with E-state index in [-0.39, 0.29) is 5.97 Å². The first-order chi connectivity index (χ1) is 9.79. The fourth-order valence-electron chi connectivity index (χ4n) is 1.76. The number of ether oxygens (including phenoxy) is 1. The summed E-state index contributed by atoms with van der Waals surface area (Å²) in [6.45, 7) is 1.52. The molecule has 2 heterocycles. The number of aromatic nitrogens is 2. The Kier molecular flexibility index (Phi) is 5.20. The molecule has 0 atom stereocenters. The maximum Gasteiger partial charge on any atom is 0.339 e. The summed E-state index contributed by atoms with van der Waals surface area (Å²) < 4.78 is 4.62. The molecule has 0 amide bonds. The maximum atomic E-state index is 11.3. The number of rotatable bonds is 6. The van der Waals surface area contributed by atoms with Gasteiger partial charge in [0.15, 0.2) is 0 Å². The first kappa shape index (κ1) is 14.1. The van der Waals surface area contributed by atoms with Crippen molar-refractivity contribution in [1.29, 1.82) is 0 Å². The highest BCUT2D eigenvalue weighted by molar-refractivity contribution is 5.88. The molecule has 0 aliphatic rings. The Morgan fingerprint density at radius 3 is 2.85 bits per heavy atom. The van der Waals surface area contributed by atoms with E-state index in [0.717, 1.165) is 18.7 Å². The highest BCUT2D eigenvalue weighted by Gasteiger charge is 2.04. The van der Waals surface area contributed by atoms with E-state index in [4.69, 9.17) is 0 Å². The molecule has 0 fully saturated rings. The quantitative estimate of drug-likeness (QED) is 0.638. The molecule has 0 saturated carbocycles. The van der Waals surface area contributed by atoms with E-state index in [2.05, 4.69) is 26.1 Å². The van der Waals surface area contributed by atoms with Crippen LogP contribution >= 0.6 is 0 Å². The highest BCUT2D eigenvalue weighted by atomic mass is 16.5. The van der Waals surface area contributed by atoms with Crippen LogP contribution in [0.5, 0.6) is 0 Å². The van der Waals surface area contributed by atoms with E-state index in [9.17, 15) is 4.79 Å². The zero-order valence-corrected chi connectivity index (χ0v) is 11.4. The highest BCUT2D eigenvalue weighted by Crippen LogP contribution is 2.02. The first-order valence-corrected chi connectivity index (χ1v) is 6.42. The Balaban J connectivity index is 1.75. The molecule has 0 saturated heterocycles. The number of esters is 1. The van der Waals surface area contributed by atoms with Crippen molar-refractivity contribution in [2.75, 3.05) is 13.7 Å². The average molecular weight is 271 g/mol. The van der Waals surface area contributed by atoms with Gasteiger partial charge in [-0.1, -0.05) is 6.07 Å². The van der Waals surface area contributed by atoms with Crippen LogP contribution in [-0.2, 0) is 17.7 Å². The molecule has 0 unspecified atom stereocenters. The van der Waals surface area contributed by atoms with Crippen LogP contribution in [0.25, 0.3) is 0 Å². The van der Waals surface area contributed by atoms with Gasteiger partial charge in [-0.05, 0) is 36.7 Å². The van der Waals surface area contributed by atoms with E-state index < -0.39 is 0 Å². The second kappa shape index (κ2) is 7.35. The van der Waals surface area contributed by atoms with E-state index in [1.807, 2.05) is 18.3 Å². The van der Waals surface area contributed by atoms with E-state index >= 15 is 0 Å². The molecule has 0 aromatic carbocycles. The lowest BCUT2D eigenvalue weighted by Crippen LogP contribution is -2.17. The Morgan fingerprint density at radius 1 is 1.30 bits per heavy atom. The lowest BCUT2D eigenvalue weighted by atomic mass is 10.2. The molecule has 20 heavy (non-hydrogen) atoms. The van der Waals surface area contributed by atoms with E-state index in [1.54, 1.807) is 12.3 Å². The van der Waals surface area contributed by atoms with Crippen molar-refractivity contribution >= 4 is 5.97 Å². The number of hydrogen-bond acceptors (Lipinski definition) is 5. The van der Waals surface area contributed by atoms with Crippen molar-refractivity contribution in [1.82, 2.24) is 15.3 Å². The van der Waals surface area contributed by atoms with Gasteiger partial charge < -0.3 is 10.1 Å². The first-order valence-electron chi connectivity index (χ1n) is 6.42. The van der Waals surface area contributed by atoms with Gasteiger partial charge >= 0.3 is 5.97 Å². The molecule has 2 aromatic rings. The average Bonchev–Trinajstić information content (AvgIpc) is 2.52. The molecule has 0 aliphatic carbocycles. The van der Waals surface area contributed by atoms with Crippen LogP contribution in [0.1, 0.15) is 21.6 Å². The second-order valence-corrected chi connectivity index (χ2v) is 4.32. The summed E-state index contributed by atoms with van der Waals surface area (Å²) in [7, 11) is 1.36. The summed E-state index contributed by atoms with van der Waals surface area (Å²) in [5.74, 6) is -0.367. The number of pyridine rings is 2. The van der Waals surface area contributed by atoms with Crippen LogP contribution in [-0.4, -0.2) is 29.6 Å². The molecule has 0 spiro atoms.